The number of nitrogens with zero attached hydrogens (tertiary/aromatic N) is 4. The van der Waals surface area contributed by atoms with Gasteiger partial charge in [0, 0.05) is 30.2 Å². The van der Waals surface area contributed by atoms with E-state index in [4.69, 9.17) is 0 Å². The van der Waals surface area contributed by atoms with Gasteiger partial charge in [0.2, 0.25) is 5.91 Å². The molecule has 0 aliphatic rings. The van der Waals surface area contributed by atoms with Crippen LogP contribution in [0.5, 0.6) is 0 Å². The van der Waals surface area contributed by atoms with Crippen LogP contribution in [0.25, 0.3) is 15.9 Å². The summed E-state index contributed by atoms with van der Waals surface area (Å²) in [6.45, 7) is 3.73. The lowest BCUT2D eigenvalue weighted by atomic mass is 10.1. The van der Waals surface area contributed by atoms with Crippen molar-refractivity contribution in [1.82, 2.24) is 19.3 Å². The molecule has 0 bridgehead atoms. The van der Waals surface area contributed by atoms with E-state index in [1.54, 1.807) is 6.07 Å². The summed E-state index contributed by atoms with van der Waals surface area (Å²) in [5.41, 5.74) is -0.558. The number of amides is 1. The maximum atomic E-state index is 13.6. The van der Waals surface area contributed by atoms with Gasteiger partial charge >= 0.3 is 6.18 Å². The van der Waals surface area contributed by atoms with E-state index in [9.17, 15) is 22.8 Å². The summed E-state index contributed by atoms with van der Waals surface area (Å²) >= 11 is 1.42. The number of aromatic nitrogens is 4. The van der Waals surface area contributed by atoms with Crippen LogP contribution in [0.4, 0.5) is 18.9 Å². The zero-order valence-electron chi connectivity index (χ0n) is 17.1. The summed E-state index contributed by atoms with van der Waals surface area (Å²) < 4.78 is 43.3. The lowest BCUT2D eigenvalue weighted by Gasteiger charge is -2.15. The van der Waals surface area contributed by atoms with E-state index >= 15 is 0 Å². The average molecular weight is 461 g/mol. The normalized spacial score (nSPS) is 11.8. The molecule has 0 saturated heterocycles. The number of fused-ring (bicyclic) bond motifs is 1. The molecule has 32 heavy (non-hydrogen) atoms. The Morgan fingerprint density at radius 1 is 1.25 bits per heavy atom. The Morgan fingerprint density at radius 2 is 2.03 bits per heavy atom. The molecular weight excluding hydrogens is 443 g/mol. The first kappa shape index (κ1) is 21.8. The van der Waals surface area contributed by atoms with Crippen molar-refractivity contribution in [3.05, 3.63) is 69.3 Å². The van der Waals surface area contributed by atoms with Crippen LogP contribution >= 0.6 is 11.3 Å². The van der Waals surface area contributed by atoms with Gasteiger partial charge < -0.3 is 5.32 Å². The Kier molecular flexibility index (Phi) is 5.59. The van der Waals surface area contributed by atoms with Gasteiger partial charge in [0.1, 0.15) is 4.83 Å². The fourth-order valence-corrected chi connectivity index (χ4v) is 4.29. The Balaban J connectivity index is 1.53. The number of hydrogen-bond acceptors (Lipinski definition) is 5. The summed E-state index contributed by atoms with van der Waals surface area (Å²) in [4.78, 5) is 31.0. The lowest BCUT2D eigenvalue weighted by Crippen LogP contribution is -2.24. The van der Waals surface area contributed by atoms with Crippen LogP contribution in [0, 0.1) is 13.8 Å². The molecule has 0 fully saturated rings. The molecule has 0 radical (unpaired) electrons. The molecule has 4 rings (SSSR count). The number of nitrogens with one attached hydrogen (secondary N) is 1. The molecule has 11 heteroatoms. The first-order valence-electron chi connectivity index (χ1n) is 9.61. The van der Waals surface area contributed by atoms with Crippen LogP contribution in [0.1, 0.15) is 22.4 Å². The fraction of sp³-hybridized carbons (Fsp3) is 0.238. The third kappa shape index (κ3) is 4.15. The van der Waals surface area contributed by atoms with Gasteiger partial charge in [0.15, 0.2) is 0 Å². The second-order valence-electron chi connectivity index (χ2n) is 7.18. The maximum absolute atomic E-state index is 13.6. The van der Waals surface area contributed by atoms with Crippen LogP contribution in [-0.4, -0.2) is 25.2 Å². The van der Waals surface area contributed by atoms with E-state index in [2.05, 4.69) is 15.4 Å². The Labute approximate surface area is 184 Å². The highest BCUT2D eigenvalue weighted by molar-refractivity contribution is 7.18. The number of halogens is 3. The zero-order valence-corrected chi connectivity index (χ0v) is 17.9. The van der Waals surface area contributed by atoms with Gasteiger partial charge in [0.25, 0.3) is 5.56 Å². The number of aryl methyl sites for hydroxylation is 3. The highest BCUT2D eigenvalue weighted by Gasteiger charge is 2.34. The standard InChI is InChI=1S/C21H18F3N5O2S/c1-12-13(2)32-19-18(12)20(31)28(11-25-19)9-6-17(30)27-16-5-4-14(29-8-3-7-26-29)10-15(16)21(22,23)24/h3-5,7-8,10-11H,6,9H2,1-2H3,(H,27,30). The SMILES string of the molecule is Cc1sc2ncn(CCC(=O)Nc3ccc(-n4cccn4)cc3C(F)(F)F)c(=O)c2c1C. The first-order chi connectivity index (χ1) is 15.1. The molecule has 1 aromatic carbocycles. The molecule has 3 aromatic heterocycles. The average Bonchev–Trinajstić information content (AvgIpc) is 3.36. The molecule has 0 spiro atoms. The molecule has 7 nitrogen and oxygen atoms in total. The summed E-state index contributed by atoms with van der Waals surface area (Å²) in [7, 11) is 0. The second-order valence-corrected chi connectivity index (χ2v) is 8.39. The molecule has 4 aromatic rings. The van der Waals surface area contributed by atoms with Gasteiger partial charge in [-0.2, -0.15) is 18.3 Å². The topological polar surface area (TPSA) is 81.8 Å². The first-order valence-corrected chi connectivity index (χ1v) is 10.4. The minimum Gasteiger partial charge on any atom is -0.325 e. The molecule has 1 amide bonds. The van der Waals surface area contributed by atoms with Crippen LogP contribution < -0.4 is 10.9 Å². The number of rotatable bonds is 5. The number of alkyl halides is 3. The Bertz CT molecular complexity index is 1360. The van der Waals surface area contributed by atoms with Crippen LogP contribution in [-0.2, 0) is 17.5 Å². The number of anilines is 1. The summed E-state index contributed by atoms with van der Waals surface area (Å²) in [6.07, 6.45) is -0.532. The van der Waals surface area contributed by atoms with E-state index in [0.717, 1.165) is 16.5 Å². The highest BCUT2D eigenvalue weighted by Crippen LogP contribution is 2.36. The molecule has 3 heterocycles. The summed E-state index contributed by atoms with van der Waals surface area (Å²) in [5, 5.41) is 6.74. The van der Waals surface area contributed by atoms with E-state index < -0.39 is 17.6 Å². The molecule has 0 saturated carbocycles. The minimum atomic E-state index is -4.67. The van der Waals surface area contributed by atoms with Crippen molar-refractivity contribution in [3.63, 3.8) is 0 Å². The smallest absolute Gasteiger partial charge is 0.325 e. The van der Waals surface area contributed by atoms with Crippen molar-refractivity contribution >= 4 is 33.1 Å². The maximum Gasteiger partial charge on any atom is 0.418 e. The molecule has 0 aliphatic heterocycles. The number of hydrogen-bond donors (Lipinski definition) is 1. The lowest BCUT2D eigenvalue weighted by molar-refractivity contribution is -0.137. The predicted molar refractivity (Wildman–Crippen MR) is 115 cm³/mol. The van der Waals surface area contributed by atoms with Crippen molar-refractivity contribution < 1.29 is 18.0 Å². The third-order valence-electron chi connectivity index (χ3n) is 5.09. The summed E-state index contributed by atoms with van der Waals surface area (Å²) in [6, 6.07) is 5.14. The molecule has 0 aliphatic carbocycles. The molecule has 0 unspecified atom stereocenters. The van der Waals surface area contributed by atoms with Crippen molar-refractivity contribution in [2.75, 3.05) is 5.32 Å². The molecule has 1 N–H and O–H groups in total. The Morgan fingerprint density at radius 3 is 2.72 bits per heavy atom. The quantitative estimate of drug-likeness (QED) is 0.480. The van der Waals surface area contributed by atoms with Crippen molar-refractivity contribution in [2.45, 2.75) is 33.0 Å². The summed E-state index contributed by atoms with van der Waals surface area (Å²) in [5.74, 6) is -0.646. The van der Waals surface area contributed by atoms with Crippen molar-refractivity contribution in [2.24, 2.45) is 0 Å². The third-order valence-corrected chi connectivity index (χ3v) is 6.20. The predicted octanol–water partition coefficient (Wildman–Crippen LogP) is 4.31. The number of carbonyl (C=O) groups is 1. The number of benzene rings is 1. The largest absolute Gasteiger partial charge is 0.418 e. The van der Waals surface area contributed by atoms with Gasteiger partial charge in [-0.15, -0.1) is 11.3 Å². The molecule has 166 valence electrons. The fourth-order valence-electron chi connectivity index (χ4n) is 3.30. The number of thiophene rings is 1. The van der Waals surface area contributed by atoms with Crippen molar-refractivity contribution in [1.29, 1.82) is 0 Å². The zero-order chi connectivity index (χ0) is 23.0. The van der Waals surface area contributed by atoms with Gasteiger partial charge in [-0.05, 0) is 43.7 Å². The monoisotopic (exact) mass is 461 g/mol. The van der Waals surface area contributed by atoms with Crippen molar-refractivity contribution in [3.8, 4) is 5.69 Å². The van der Waals surface area contributed by atoms with Crippen LogP contribution in [0.15, 0.2) is 47.8 Å². The van der Waals surface area contributed by atoms with E-state index in [-0.39, 0.29) is 29.9 Å². The van der Waals surface area contributed by atoms with Crippen LogP contribution in [0.3, 0.4) is 0 Å². The number of carbonyl (C=O) groups excluding carboxylic acids is 1. The highest BCUT2D eigenvalue weighted by atomic mass is 32.1. The second kappa shape index (κ2) is 8.23. The van der Waals surface area contributed by atoms with E-state index in [1.165, 1.54) is 51.4 Å². The van der Waals surface area contributed by atoms with Gasteiger partial charge in [-0.1, -0.05) is 0 Å². The van der Waals surface area contributed by atoms with Gasteiger partial charge in [-0.25, -0.2) is 9.67 Å². The van der Waals surface area contributed by atoms with E-state index in [1.807, 2.05) is 13.8 Å². The van der Waals surface area contributed by atoms with E-state index in [0.29, 0.717) is 10.2 Å². The van der Waals surface area contributed by atoms with Gasteiger partial charge in [0.05, 0.1) is 28.7 Å². The Hall–Kier alpha value is -3.47. The molecule has 0 atom stereocenters. The van der Waals surface area contributed by atoms with Gasteiger partial charge in [-0.3, -0.25) is 14.2 Å². The van der Waals surface area contributed by atoms with Crippen LogP contribution in [0.2, 0.25) is 0 Å². The molecular formula is C21H18F3N5O2S. The minimum absolute atomic E-state index is 0.00529.